The van der Waals surface area contributed by atoms with Crippen LogP contribution >= 0.6 is 11.6 Å². The largest absolute Gasteiger partial charge is 0.335 e. The smallest absolute Gasteiger partial charge is 0.294 e. The highest BCUT2D eigenvalue weighted by atomic mass is 35.5. The Hall–Kier alpha value is -3.81. The van der Waals surface area contributed by atoms with Gasteiger partial charge in [-0.2, -0.15) is 0 Å². The number of hydrogen-bond donors (Lipinski definition) is 1. The topological polar surface area (TPSA) is 46.9 Å². The Kier molecular flexibility index (Phi) is 5.93. The summed E-state index contributed by atoms with van der Waals surface area (Å²) in [6, 6.07) is 27.0. The number of anilines is 2. The van der Waals surface area contributed by atoms with Gasteiger partial charge in [0.15, 0.2) is 5.82 Å². The molecule has 146 valence electrons. The molecule has 0 aliphatic rings. The van der Waals surface area contributed by atoms with E-state index in [0.717, 1.165) is 16.7 Å². The van der Waals surface area contributed by atoms with Crippen molar-refractivity contribution in [1.29, 1.82) is 0 Å². The van der Waals surface area contributed by atoms with Gasteiger partial charge in [-0.15, -0.1) is 0 Å². The Morgan fingerprint density at radius 3 is 2.30 bits per heavy atom. The maximum absolute atomic E-state index is 13.0. The zero-order chi connectivity index (χ0) is 20.8. The van der Waals surface area contributed by atoms with Crippen LogP contribution in [-0.2, 0) is 6.54 Å². The second kappa shape index (κ2) is 9.13. The third-order valence-electron chi connectivity index (χ3n) is 4.44. The van der Waals surface area contributed by atoms with Gasteiger partial charge in [0, 0.05) is 17.3 Å². The Morgan fingerprint density at radius 2 is 1.53 bits per heavy atom. The Bertz CT molecular complexity index is 1270. The summed E-state index contributed by atoms with van der Waals surface area (Å²) >= 11 is 6.20. The summed E-state index contributed by atoms with van der Waals surface area (Å²) in [5.74, 6) is 6.45. The van der Waals surface area contributed by atoms with E-state index in [2.05, 4.69) is 22.1 Å². The fourth-order valence-corrected chi connectivity index (χ4v) is 3.18. The van der Waals surface area contributed by atoms with Gasteiger partial charge in [-0.1, -0.05) is 84.1 Å². The van der Waals surface area contributed by atoms with Crippen LogP contribution in [0.15, 0.2) is 95.9 Å². The Morgan fingerprint density at radius 1 is 0.867 bits per heavy atom. The van der Waals surface area contributed by atoms with E-state index >= 15 is 0 Å². The van der Waals surface area contributed by atoms with Crippen LogP contribution in [0.2, 0.25) is 5.15 Å². The zero-order valence-corrected chi connectivity index (χ0v) is 16.8. The van der Waals surface area contributed by atoms with Crippen molar-refractivity contribution >= 4 is 23.1 Å². The molecule has 0 aliphatic carbocycles. The van der Waals surface area contributed by atoms with Gasteiger partial charge in [0.1, 0.15) is 5.15 Å². The summed E-state index contributed by atoms with van der Waals surface area (Å²) in [5.41, 5.74) is 3.12. The third-order valence-corrected chi connectivity index (χ3v) is 4.62. The standard InChI is InChI=1S/C25H18ClN3O/c26-23-18-29(17-20-11-5-2-6-12-20)25(30)24(28-23)27-22-14-8-7-13-21(22)16-15-19-9-3-1-4-10-19/h1-14,18H,17H2,(H,27,28). The molecule has 0 bridgehead atoms. The highest BCUT2D eigenvalue weighted by Gasteiger charge is 2.10. The van der Waals surface area contributed by atoms with E-state index in [4.69, 9.17) is 11.6 Å². The van der Waals surface area contributed by atoms with Gasteiger partial charge in [-0.05, 0) is 29.8 Å². The van der Waals surface area contributed by atoms with Crippen molar-refractivity contribution in [2.75, 3.05) is 5.32 Å². The van der Waals surface area contributed by atoms with Crippen LogP contribution in [-0.4, -0.2) is 9.55 Å². The molecule has 1 heterocycles. The van der Waals surface area contributed by atoms with Gasteiger partial charge in [0.05, 0.1) is 12.2 Å². The normalized spacial score (nSPS) is 10.2. The molecule has 30 heavy (non-hydrogen) atoms. The van der Waals surface area contributed by atoms with E-state index < -0.39 is 0 Å². The van der Waals surface area contributed by atoms with Gasteiger partial charge >= 0.3 is 0 Å². The number of hydrogen-bond acceptors (Lipinski definition) is 3. The number of para-hydroxylation sites is 1. The number of benzene rings is 3. The predicted octanol–water partition coefficient (Wildman–Crippen LogP) is 5.09. The van der Waals surface area contributed by atoms with Crippen LogP contribution in [0.4, 0.5) is 11.5 Å². The average Bonchev–Trinajstić information content (AvgIpc) is 2.78. The number of aromatic nitrogens is 2. The zero-order valence-electron chi connectivity index (χ0n) is 16.0. The second-order valence-corrected chi connectivity index (χ2v) is 7.00. The number of halogens is 1. The lowest BCUT2D eigenvalue weighted by Crippen LogP contribution is -2.24. The maximum atomic E-state index is 13.0. The molecule has 0 aliphatic heterocycles. The van der Waals surface area contributed by atoms with E-state index in [1.807, 2.05) is 84.9 Å². The minimum absolute atomic E-state index is 0.160. The minimum Gasteiger partial charge on any atom is -0.335 e. The van der Waals surface area contributed by atoms with E-state index in [1.54, 1.807) is 10.8 Å². The summed E-state index contributed by atoms with van der Waals surface area (Å²) in [5, 5.41) is 3.35. The summed E-state index contributed by atoms with van der Waals surface area (Å²) in [6.45, 7) is 0.409. The van der Waals surface area contributed by atoms with Crippen molar-refractivity contribution in [3.63, 3.8) is 0 Å². The van der Waals surface area contributed by atoms with Gasteiger partial charge < -0.3 is 9.88 Å². The van der Waals surface area contributed by atoms with Gasteiger partial charge in [-0.3, -0.25) is 4.79 Å². The molecular formula is C25H18ClN3O. The van der Waals surface area contributed by atoms with Crippen LogP contribution in [0.5, 0.6) is 0 Å². The quantitative estimate of drug-likeness (QED) is 0.476. The van der Waals surface area contributed by atoms with E-state index in [1.165, 1.54) is 0 Å². The molecule has 1 aromatic heterocycles. The first-order valence-corrected chi connectivity index (χ1v) is 9.81. The van der Waals surface area contributed by atoms with Crippen molar-refractivity contribution in [2.45, 2.75) is 6.54 Å². The monoisotopic (exact) mass is 411 g/mol. The minimum atomic E-state index is -0.255. The van der Waals surface area contributed by atoms with Gasteiger partial charge in [0.25, 0.3) is 5.56 Å². The van der Waals surface area contributed by atoms with Crippen LogP contribution in [0, 0.1) is 11.8 Å². The molecule has 0 saturated carbocycles. The van der Waals surface area contributed by atoms with Gasteiger partial charge in [0.2, 0.25) is 0 Å². The lowest BCUT2D eigenvalue weighted by atomic mass is 10.1. The molecule has 5 heteroatoms. The molecule has 0 saturated heterocycles. The molecule has 0 amide bonds. The molecule has 0 atom stereocenters. The fraction of sp³-hybridized carbons (Fsp3) is 0.0400. The van der Waals surface area contributed by atoms with Crippen molar-refractivity contribution < 1.29 is 0 Å². The number of rotatable bonds is 4. The summed E-state index contributed by atoms with van der Waals surface area (Å²) in [6.07, 6.45) is 1.54. The molecule has 4 nitrogen and oxygen atoms in total. The van der Waals surface area contributed by atoms with Crippen LogP contribution in [0.1, 0.15) is 16.7 Å². The van der Waals surface area contributed by atoms with E-state index in [0.29, 0.717) is 12.2 Å². The lowest BCUT2D eigenvalue weighted by Gasteiger charge is -2.11. The van der Waals surface area contributed by atoms with Crippen molar-refractivity contribution in [1.82, 2.24) is 9.55 Å². The third kappa shape index (κ3) is 4.78. The molecule has 4 aromatic rings. The van der Waals surface area contributed by atoms with E-state index in [9.17, 15) is 4.79 Å². The SMILES string of the molecule is O=c1c(Nc2ccccc2C#Cc2ccccc2)nc(Cl)cn1Cc1ccccc1. The summed E-state index contributed by atoms with van der Waals surface area (Å²) in [7, 11) is 0. The second-order valence-electron chi connectivity index (χ2n) is 6.62. The first-order valence-electron chi connectivity index (χ1n) is 9.43. The highest BCUT2D eigenvalue weighted by molar-refractivity contribution is 6.29. The molecule has 0 radical (unpaired) electrons. The molecule has 0 unspecified atom stereocenters. The highest BCUT2D eigenvalue weighted by Crippen LogP contribution is 2.18. The predicted molar refractivity (Wildman–Crippen MR) is 121 cm³/mol. The summed E-state index contributed by atoms with van der Waals surface area (Å²) < 4.78 is 1.55. The maximum Gasteiger partial charge on any atom is 0.294 e. The van der Waals surface area contributed by atoms with Gasteiger partial charge in [-0.25, -0.2) is 4.98 Å². The molecule has 3 aromatic carbocycles. The molecule has 0 spiro atoms. The van der Waals surface area contributed by atoms with Crippen LogP contribution < -0.4 is 10.9 Å². The Balaban J connectivity index is 1.66. The van der Waals surface area contributed by atoms with Crippen LogP contribution in [0.3, 0.4) is 0 Å². The molecule has 1 N–H and O–H groups in total. The van der Waals surface area contributed by atoms with E-state index in [-0.39, 0.29) is 16.5 Å². The summed E-state index contributed by atoms with van der Waals surface area (Å²) in [4.78, 5) is 17.2. The van der Waals surface area contributed by atoms with Crippen molar-refractivity contribution in [3.8, 4) is 11.8 Å². The molecule has 0 fully saturated rings. The first kappa shape index (κ1) is 19.5. The molecular weight excluding hydrogens is 394 g/mol. The fourth-order valence-electron chi connectivity index (χ4n) is 2.98. The number of nitrogens with zero attached hydrogens (tertiary/aromatic N) is 2. The number of nitrogens with one attached hydrogen (secondary N) is 1. The molecule has 4 rings (SSSR count). The van der Waals surface area contributed by atoms with Crippen molar-refractivity contribution in [3.05, 3.63) is 123 Å². The lowest BCUT2D eigenvalue weighted by molar-refractivity contribution is 0.752. The van der Waals surface area contributed by atoms with Crippen molar-refractivity contribution in [2.24, 2.45) is 0 Å². The Labute approximate surface area is 179 Å². The van der Waals surface area contributed by atoms with Crippen LogP contribution in [0.25, 0.3) is 0 Å². The first-order chi connectivity index (χ1) is 14.7. The average molecular weight is 412 g/mol.